The van der Waals surface area contributed by atoms with Gasteiger partial charge < -0.3 is 9.80 Å². The van der Waals surface area contributed by atoms with Crippen molar-refractivity contribution in [3.8, 4) is 0 Å². The van der Waals surface area contributed by atoms with Gasteiger partial charge in [-0.15, -0.1) is 0 Å². The van der Waals surface area contributed by atoms with Crippen LogP contribution < -0.4 is 0 Å². The maximum atomic E-state index is 14.5. The molecule has 0 aliphatic carbocycles. The van der Waals surface area contributed by atoms with E-state index in [4.69, 9.17) is 0 Å². The molecule has 0 radical (unpaired) electrons. The smallest absolute Gasteiger partial charge is 0.273 e. The number of amides is 2. The number of benzene rings is 3. The first-order valence-electron chi connectivity index (χ1n) is 12.5. The van der Waals surface area contributed by atoms with Crippen LogP contribution in [-0.2, 0) is 6.42 Å². The van der Waals surface area contributed by atoms with Gasteiger partial charge in [-0.2, -0.15) is 0 Å². The highest BCUT2D eigenvalue weighted by atomic mass is 19.1. The number of piperidine rings is 1. The molecule has 0 unspecified atom stereocenters. The summed E-state index contributed by atoms with van der Waals surface area (Å²) < 4.78 is 27.9. The molecule has 2 fully saturated rings. The number of hydrogen-bond donors (Lipinski definition) is 0. The van der Waals surface area contributed by atoms with Crippen molar-refractivity contribution in [3.05, 3.63) is 110 Å². The van der Waals surface area contributed by atoms with Gasteiger partial charge in [0, 0.05) is 48.8 Å². The highest BCUT2D eigenvalue weighted by molar-refractivity contribution is 5.97. The first-order valence-corrected chi connectivity index (χ1v) is 12.5. The third-order valence-corrected chi connectivity index (χ3v) is 7.58. The first kappa shape index (κ1) is 25.5. The Morgan fingerprint density at radius 2 is 1.66 bits per heavy atom. The van der Waals surface area contributed by atoms with Crippen molar-refractivity contribution in [1.29, 1.82) is 0 Å². The standard InChI is InChI=1S/C29H27F2N3O4/c1-19-25(34(37)38)11-10-24(31)26(19)28(36)33-17-29(18-33)12-3-13-32(16-29)27(35)22-8-6-20(7-9-22)14-21-4-2-5-23(30)15-21/h2,4-11,15H,3,12-14,16-18H2,1H3. The molecule has 9 heteroatoms. The number of nitro benzene ring substituents is 1. The summed E-state index contributed by atoms with van der Waals surface area (Å²) >= 11 is 0. The molecule has 38 heavy (non-hydrogen) atoms. The molecule has 0 bridgehead atoms. The number of nitro groups is 1. The fourth-order valence-electron chi connectivity index (χ4n) is 5.66. The molecule has 196 valence electrons. The number of likely N-dealkylation sites (tertiary alicyclic amines) is 2. The van der Waals surface area contributed by atoms with Gasteiger partial charge in [0.25, 0.3) is 17.5 Å². The lowest BCUT2D eigenvalue weighted by molar-refractivity contribution is -0.385. The van der Waals surface area contributed by atoms with E-state index in [-0.39, 0.29) is 34.0 Å². The minimum Gasteiger partial charge on any atom is -0.338 e. The predicted molar refractivity (Wildman–Crippen MR) is 137 cm³/mol. The van der Waals surface area contributed by atoms with Crippen LogP contribution in [0.1, 0.15) is 50.2 Å². The molecule has 2 heterocycles. The van der Waals surface area contributed by atoms with Crippen molar-refractivity contribution >= 4 is 17.5 Å². The number of rotatable bonds is 5. The Morgan fingerprint density at radius 3 is 2.34 bits per heavy atom. The average Bonchev–Trinajstić information content (AvgIpc) is 2.87. The van der Waals surface area contributed by atoms with Crippen molar-refractivity contribution in [1.82, 2.24) is 9.80 Å². The van der Waals surface area contributed by atoms with Gasteiger partial charge >= 0.3 is 0 Å². The van der Waals surface area contributed by atoms with Crippen molar-refractivity contribution in [2.24, 2.45) is 5.41 Å². The normalized spacial score (nSPS) is 16.3. The van der Waals surface area contributed by atoms with Crippen molar-refractivity contribution in [3.63, 3.8) is 0 Å². The van der Waals surface area contributed by atoms with E-state index in [2.05, 4.69) is 0 Å². The molecule has 2 saturated heterocycles. The quantitative estimate of drug-likeness (QED) is 0.345. The number of halogens is 2. The monoisotopic (exact) mass is 519 g/mol. The largest absolute Gasteiger partial charge is 0.338 e. The third kappa shape index (κ3) is 4.88. The van der Waals surface area contributed by atoms with E-state index < -0.39 is 16.6 Å². The van der Waals surface area contributed by atoms with Gasteiger partial charge in [-0.05, 0) is 67.6 Å². The Balaban J connectivity index is 1.23. The molecule has 2 aliphatic rings. The summed E-state index contributed by atoms with van der Waals surface area (Å²) in [6.07, 6.45) is 2.19. The molecule has 0 saturated carbocycles. The highest BCUT2D eigenvalue weighted by Crippen LogP contribution is 2.41. The second-order valence-electron chi connectivity index (χ2n) is 10.3. The summed E-state index contributed by atoms with van der Waals surface area (Å²) in [5, 5.41) is 11.2. The lowest BCUT2D eigenvalue weighted by Gasteiger charge is -2.54. The first-order chi connectivity index (χ1) is 18.2. The minimum atomic E-state index is -0.777. The molecule has 3 aromatic carbocycles. The Labute approximate surface area is 218 Å². The van der Waals surface area contributed by atoms with Crippen LogP contribution >= 0.6 is 0 Å². The summed E-state index contributed by atoms with van der Waals surface area (Å²) in [5.74, 6) is -1.71. The molecule has 0 aromatic heterocycles. The molecule has 2 aliphatic heterocycles. The van der Waals surface area contributed by atoms with Crippen molar-refractivity contribution in [2.45, 2.75) is 26.2 Å². The van der Waals surface area contributed by atoms with Gasteiger partial charge in [0.15, 0.2) is 0 Å². The molecule has 1 spiro atoms. The SMILES string of the molecule is Cc1c([N+](=O)[O-])ccc(F)c1C(=O)N1CC2(CCCN(C(=O)c3ccc(Cc4cccc(F)c4)cc3)C2)C1. The fourth-order valence-corrected chi connectivity index (χ4v) is 5.66. The Kier molecular flexibility index (Phi) is 6.69. The summed E-state index contributed by atoms with van der Waals surface area (Å²) in [5.41, 5.74) is 1.57. The molecular weight excluding hydrogens is 492 g/mol. The summed E-state index contributed by atoms with van der Waals surface area (Å²) in [4.78, 5) is 40.2. The van der Waals surface area contributed by atoms with Crippen LogP contribution in [0.5, 0.6) is 0 Å². The molecule has 3 aromatic rings. The lowest BCUT2D eigenvalue weighted by Crippen LogP contribution is -2.64. The van der Waals surface area contributed by atoms with Crippen LogP contribution in [0.2, 0.25) is 0 Å². The van der Waals surface area contributed by atoms with Crippen LogP contribution in [0.3, 0.4) is 0 Å². The molecular formula is C29H27F2N3O4. The minimum absolute atomic E-state index is 0.0160. The van der Waals surface area contributed by atoms with Gasteiger partial charge in [0.1, 0.15) is 11.6 Å². The van der Waals surface area contributed by atoms with E-state index in [0.717, 1.165) is 36.1 Å². The van der Waals surface area contributed by atoms with Gasteiger partial charge in [-0.1, -0.05) is 24.3 Å². The number of nitrogens with zero attached hydrogens (tertiary/aromatic N) is 3. The van der Waals surface area contributed by atoms with Crippen molar-refractivity contribution in [2.75, 3.05) is 26.2 Å². The van der Waals surface area contributed by atoms with E-state index in [0.29, 0.717) is 38.2 Å². The maximum Gasteiger partial charge on any atom is 0.273 e. The average molecular weight is 520 g/mol. The zero-order valence-corrected chi connectivity index (χ0v) is 21.0. The number of carbonyl (C=O) groups excluding carboxylic acids is 2. The van der Waals surface area contributed by atoms with Crippen LogP contribution in [-0.4, -0.2) is 52.7 Å². The van der Waals surface area contributed by atoms with Crippen molar-refractivity contribution < 1.29 is 23.3 Å². The Hall–Kier alpha value is -4.14. The highest BCUT2D eigenvalue weighted by Gasteiger charge is 2.49. The van der Waals surface area contributed by atoms with E-state index in [1.807, 2.05) is 18.2 Å². The third-order valence-electron chi connectivity index (χ3n) is 7.58. The molecule has 0 N–H and O–H groups in total. The van der Waals surface area contributed by atoms with E-state index in [9.17, 15) is 28.5 Å². The molecule has 7 nitrogen and oxygen atoms in total. The Morgan fingerprint density at radius 1 is 0.947 bits per heavy atom. The summed E-state index contributed by atoms with van der Waals surface area (Å²) in [6, 6.07) is 15.8. The van der Waals surface area contributed by atoms with E-state index >= 15 is 0 Å². The van der Waals surface area contributed by atoms with Gasteiger partial charge in [-0.25, -0.2) is 8.78 Å². The zero-order chi connectivity index (χ0) is 27.0. The zero-order valence-electron chi connectivity index (χ0n) is 21.0. The van der Waals surface area contributed by atoms with Crippen LogP contribution in [0.25, 0.3) is 0 Å². The topological polar surface area (TPSA) is 83.8 Å². The van der Waals surface area contributed by atoms with Gasteiger partial charge in [-0.3, -0.25) is 19.7 Å². The van der Waals surface area contributed by atoms with Crippen LogP contribution in [0.4, 0.5) is 14.5 Å². The fraction of sp³-hybridized carbons (Fsp3) is 0.310. The van der Waals surface area contributed by atoms with Crippen LogP contribution in [0, 0.1) is 34.1 Å². The van der Waals surface area contributed by atoms with E-state index in [1.165, 1.54) is 24.0 Å². The molecule has 2 amide bonds. The number of hydrogen-bond acceptors (Lipinski definition) is 4. The second kappa shape index (κ2) is 9.96. The maximum absolute atomic E-state index is 14.5. The second-order valence-corrected chi connectivity index (χ2v) is 10.3. The predicted octanol–water partition coefficient (Wildman–Crippen LogP) is 5.15. The van der Waals surface area contributed by atoms with Crippen LogP contribution in [0.15, 0.2) is 60.7 Å². The summed E-state index contributed by atoms with van der Waals surface area (Å²) in [7, 11) is 0. The molecule has 0 atom stereocenters. The lowest BCUT2D eigenvalue weighted by atomic mass is 9.73. The number of carbonyl (C=O) groups is 2. The van der Waals surface area contributed by atoms with E-state index in [1.54, 1.807) is 23.1 Å². The van der Waals surface area contributed by atoms with Gasteiger partial charge in [0.2, 0.25) is 0 Å². The Bertz CT molecular complexity index is 1420. The summed E-state index contributed by atoms with van der Waals surface area (Å²) in [6.45, 7) is 3.21. The van der Waals surface area contributed by atoms with Gasteiger partial charge in [0.05, 0.1) is 10.5 Å². The molecule has 5 rings (SSSR count).